The first-order valence-electron chi connectivity index (χ1n) is 9.68. The SMILES string of the molecule is CCCCOc1cccc(C(NC(=O)C2CCCC2)c2nccnc2Cl)c1. The number of ether oxygens (including phenoxy) is 1. The Balaban J connectivity index is 1.86. The summed E-state index contributed by atoms with van der Waals surface area (Å²) in [5.41, 5.74) is 1.44. The predicted octanol–water partition coefficient (Wildman–Crippen LogP) is 4.70. The van der Waals surface area contributed by atoms with E-state index >= 15 is 0 Å². The number of amides is 1. The van der Waals surface area contributed by atoms with Gasteiger partial charge in [-0.2, -0.15) is 0 Å². The molecule has 1 heterocycles. The monoisotopic (exact) mass is 387 g/mol. The van der Waals surface area contributed by atoms with E-state index in [-0.39, 0.29) is 11.8 Å². The highest BCUT2D eigenvalue weighted by Crippen LogP contribution is 2.30. The van der Waals surface area contributed by atoms with E-state index in [1.165, 1.54) is 0 Å². The molecule has 27 heavy (non-hydrogen) atoms. The second kappa shape index (κ2) is 9.70. The fraction of sp³-hybridized carbons (Fsp3) is 0.476. The zero-order valence-electron chi connectivity index (χ0n) is 15.7. The number of halogens is 1. The van der Waals surface area contributed by atoms with Gasteiger partial charge in [0.25, 0.3) is 0 Å². The Labute approximate surface area is 165 Å². The smallest absolute Gasteiger partial charge is 0.223 e. The average molecular weight is 388 g/mol. The van der Waals surface area contributed by atoms with E-state index in [1.807, 2.05) is 24.3 Å². The van der Waals surface area contributed by atoms with Crippen molar-refractivity contribution in [3.63, 3.8) is 0 Å². The molecule has 144 valence electrons. The van der Waals surface area contributed by atoms with Crippen LogP contribution in [0.5, 0.6) is 5.75 Å². The molecule has 3 rings (SSSR count). The van der Waals surface area contributed by atoms with Crippen LogP contribution in [0.25, 0.3) is 0 Å². The Hall–Kier alpha value is -2.14. The van der Waals surface area contributed by atoms with Crippen LogP contribution in [0, 0.1) is 5.92 Å². The van der Waals surface area contributed by atoms with E-state index in [1.54, 1.807) is 12.4 Å². The number of nitrogens with one attached hydrogen (secondary N) is 1. The molecule has 5 nitrogen and oxygen atoms in total. The van der Waals surface area contributed by atoms with Crippen LogP contribution in [0.1, 0.15) is 62.7 Å². The second-order valence-electron chi connectivity index (χ2n) is 6.93. The number of benzene rings is 1. The zero-order valence-corrected chi connectivity index (χ0v) is 16.4. The molecule has 1 aliphatic rings. The van der Waals surface area contributed by atoms with Crippen LogP contribution in [-0.4, -0.2) is 22.5 Å². The Morgan fingerprint density at radius 1 is 1.30 bits per heavy atom. The lowest BCUT2D eigenvalue weighted by atomic mass is 10.0. The summed E-state index contributed by atoms with van der Waals surface area (Å²) in [4.78, 5) is 21.3. The Morgan fingerprint density at radius 2 is 2.07 bits per heavy atom. The number of hydrogen-bond donors (Lipinski definition) is 1. The molecule has 1 amide bonds. The summed E-state index contributed by atoms with van der Waals surface area (Å²) < 4.78 is 5.83. The molecular weight excluding hydrogens is 362 g/mol. The first kappa shape index (κ1) is 19.6. The summed E-state index contributed by atoms with van der Waals surface area (Å²) in [6.07, 6.45) is 9.31. The molecule has 6 heteroatoms. The summed E-state index contributed by atoms with van der Waals surface area (Å²) >= 11 is 6.30. The van der Waals surface area contributed by atoms with Crippen LogP contribution in [0.15, 0.2) is 36.7 Å². The van der Waals surface area contributed by atoms with Gasteiger partial charge in [-0.15, -0.1) is 0 Å². The minimum Gasteiger partial charge on any atom is -0.494 e. The normalized spacial score (nSPS) is 15.5. The molecule has 1 atom stereocenters. The van der Waals surface area contributed by atoms with Crippen LogP contribution in [0.3, 0.4) is 0 Å². The van der Waals surface area contributed by atoms with Gasteiger partial charge in [0, 0.05) is 18.3 Å². The topological polar surface area (TPSA) is 64.1 Å². The highest BCUT2D eigenvalue weighted by atomic mass is 35.5. The third kappa shape index (κ3) is 5.19. The standard InChI is InChI=1S/C21H26ClN3O2/c1-2-3-13-27-17-10-6-9-16(14-17)18(19-20(22)24-12-11-23-19)25-21(26)15-7-4-5-8-15/h6,9-12,14-15,18H,2-5,7-8,13H2,1H3,(H,25,26). The highest BCUT2D eigenvalue weighted by Gasteiger charge is 2.28. The number of hydrogen-bond acceptors (Lipinski definition) is 4. The van der Waals surface area contributed by atoms with Gasteiger partial charge in [-0.25, -0.2) is 4.98 Å². The van der Waals surface area contributed by atoms with Gasteiger partial charge >= 0.3 is 0 Å². The number of carbonyl (C=O) groups excluding carboxylic acids is 1. The largest absolute Gasteiger partial charge is 0.494 e. The van der Waals surface area contributed by atoms with Crippen LogP contribution in [0.2, 0.25) is 5.15 Å². The summed E-state index contributed by atoms with van der Waals surface area (Å²) in [5.74, 6) is 0.893. The van der Waals surface area contributed by atoms with Crippen molar-refractivity contribution in [2.45, 2.75) is 51.5 Å². The van der Waals surface area contributed by atoms with Crippen LogP contribution in [-0.2, 0) is 4.79 Å². The van der Waals surface area contributed by atoms with Gasteiger partial charge in [0.1, 0.15) is 11.4 Å². The van der Waals surface area contributed by atoms with Crippen molar-refractivity contribution in [3.8, 4) is 5.75 Å². The molecule has 1 aromatic heterocycles. The van der Waals surface area contributed by atoms with Crippen molar-refractivity contribution in [1.29, 1.82) is 0 Å². The molecular formula is C21H26ClN3O2. The molecule has 0 saturated heterocycles. The van der Waals surface area contributed by atoms with Gasteiger partial charge in [0.05, 0.1) is 12.6 Å². The Kier molecular flexibility index (Phi) is 7.04. The molecule has 0 spiro atoms. The van der Waals surface area contributed by atoms with Crippen molar-refractivity contribution in [2.75, 3.05) is 6.61 Å². The quantitative estimate of drug-likeness (QED) is 0.666. The summed E-state index contributed by atoms with van der Waals surface area (Å²) in [5, 5.41) is 3.44. The molecule has 1 aromatic carbocycles. The summed E-state index contributed by atoms with van der Waals surface area (Å²) in [6, 6.07) is 7.30. The van der Waals surface area contributed by atoms with Crippen molar-refractivity contribution in [2.24, 2.45) is 5.92 Å². The Bertz CT molecular complexity index is 763. The number of nitrogens with zero attached hydrogens (tertiary/aromatic N) is 2. The van der Waals surface area contributed by atoms with Crippen LogP contribution in [0.4, 0.5) is 0 Å². The van der Waals surface area contributed by atoms with Crippen LogP contribution < -0.4 is 10.1 Å². The van der Waals surface area contributed by atoms with E-state index in [2.05, 4.69) is 22.2 Å². The van der Waals surface area contributed by atoms with Gasteiger partial charge in [-0.05, 0) is 37.0 Å². The van der Waals surface area contributed by atoms with E-state index in [0.29, 0.717) is 17.5 Å². The van der Waals surface area contributed by atoms with Gasteiger partial charge in [-0.1, -0.05) is 49.9 Å². The summed E-state index contributed by atoms with van der Waals surface area (Å²) in [7, 11) is 0. The molecule has 1 unspecified atom stereocenters. The summed E-state index contributed by atoms with van der Waals surface area (Å²) in [6.45, 7) is 2.80. The maximum atomic E-state index is 12.8. The van der Waals surface area contributed by atoms with E-state index < -0.39 is 6.04 Å². The van der Waals surface area contributed by atoms with Crippen molar-refractivity contribution in [1.82, 2.24) is 15.3 Å². The maximum absolute atomic E-state index is 12.8. The molecule has 1 saturated carbocycles. The third-order valence-corrected chi connectivity index (χ3v) is 5.21. The van der Waals surface area contributed by atoms with E-state index in [0.717, 1.165) is 49.8 Å². The lowest BCUT2D eigenvalue weighted by Gasteiger charge is -2.22. The molecule has 1 aliphatic carbocycles. The lowest BCUT2D eigenvalue weighted by molar-refractivity contribution is -0.125. The highest BCUT2D eigenvalue weighted by molar-refractivity contribution is 6.30. The minimum absolute atomic E-state index is 0.0523. The average Bonchev–Trinajstić information content (AvgIpc) is 3.22. The van der Waals surface area contributed by atoms with Crippen molar-refractivity contribution < 1.29 is 9.53 Å². The Morgan fingerprint density at radius 3 is 2.81 bits per heavy atom. The van der Waals surface area contributed by atoms with Crippen molar-refractivity contribution >= 4 is 17.5 Å². The van der Waals surface area contributed by atoms with Gasteiger partial charge in [-0.3, -0.25) is 9.78 Å². The number of rotatable bonds is 8. The van der Waals surface area contributed by atoms with E-state index in [4.69, 9.17) is 16.3 Å². The zero-order chi connectivity index (χ0) is 19.1. The van der Waals surface area contributed by atoms with Gasteiger partial charge in [0.15, 0.2) is 5.15 Å². The van der Waals surface area contributed by atoms with Crippen LogP contribution >= 0.6 is 11.6 Å². The molecule has 1 fully saturated rings. The fourth-order valence-corrected chi connectivity index (χ4v) is 3.62. The van der Waals surface area contributed by atoms with Gasteiger partial charge in [0.2, 0.25) is 5.91 Å². The number of carbonyl (C=O) groups is 1. The van der Waals surface area contributed by atoms with Crippen molar-refractivity contribution in [3.05, 3.63) is 53.1 Å². The lowest BCUT2D eigenvalue weighted by Crippen LogP contribution is -2.34. The molecule has 1 N–H and O–H groups in total. The predicted molar refractivity (Wildman–Crippen MR) is 106 cm³/mol. The molecule has 0 radical (unpaired) electrons. The fourth-order valence-electron chi connectivity index (χ4n) is 3.40. The first-order valence-corrected chi connectivity index (χ1v) is 10.1. The molecule has 0 bridgehead atoms. The molecule has 2 aromatic rings. The second-order valence-corrected chi connectivity index (χ2v) is 7.29. The van der Waals surface area contributed by atoms with Gasteiger partial charge < -0.3 is 10.1 Å². The third-order valence-electron chi connectivity index (χ3n) is 4.92. The maximum Gasteiger partial charge on any atom is 0.223 e. The number of aromatic nitrogens is 2. The molecule has 0 aliphatic heterocycles. The minimum atomic E-state index is -0.450. The van der Waals surface area contributed by atoms with E-state index in [9.17, 15) is 4.79 Å². The first-order chi connectivity index (χ1) is 13.2. The number of unbranched alkanes of at least 4 members (excludes halogenated alkanes) is 1.